The van der Waals surface area contributed by atoms with Gasteiger partial charge in [-0.15, -0.1) is 21.5 Å². The minimum atomic E-state index is -0.252. The summed E-state index contributed by atoms with van der Waals surface area (Å²) in [6, 6.07) is 3.97. The Hall–Kier alpha value is -0.920. The minimum Gasteiger partial charge on any atom is -0.468 e. The third-order valence-corrected chi connectivity index (χ3v) is 4.75. The molecule has 0 bridgehead atoms. The van der Waals surface area contributed by atoms with Gasteiger partial charge in [-0.2, -0.15) is 0 Å². The van der Waals surface area contributed by atoms with Gasteiger partial charge in [-0.25, -0.2) is 0 Å². The SMILES string of the molecule is COC(=O)CSc1nnc(-c2cccs2)s1. The van der Waals surface area contributed by atoms with Crippen molar-refractivity contribution in [1.29, 1.82) is 0 Å². The average molecular weight is 272 g/mol. The van der Waals surface area contributed by atoms with Crippen molar-refractivity contribution < 1.29 is 9.53 Å². The van der Waals surface area contributed by atoms with Crippen LogP contribution in [0, 0.1) is 0 Å². The van der Waals surface area contributed by atoms with Crippen molar-refractivity contribution in [2.45, 2.75) is 4.34 Å². The fourth-order valence-corrected chi connectivity index (χ4v) is 3.42. The van der Waals surface area contributed by atoms with E-state index in [0.29, 0.717) is 0 Å². The second-order valence-electron chi connectivity index (χ2n) is 2.72. The molecular formula is C9H8N2O2S3. The lowest BCUT2D eigenvalue weighted by atomic mass is 10.5. The molecule has 84 valence electrons. The predicted octanol–water partition coefficient (Wildman–Crippen LogP) is 2.53. The number of ether oxygens (including phenoxy) is 1. The lowest BCUT2D eigenvalue weighted by molar-refractivity contribution is -0.137. The van der Waals surface area contributed by atoms with Crippen LogP contribution in [0.3, 0.4) is 0 Å². The summed E-state index contributed by atoms with van der Waals surface area (Å²) in [5.41, 5.74) is 0. The summed E-state index contributed by atoms with van der Waals surface area (Å²) in [5.74, 6) is 0.0214. The number of methoxy groups -OCH3 is 1. The van der Waals surface area contributed by atoms with Crippen LogP contribution in [0.25, 0.3) is 9.88 Å². The van der Waals surface area contributed by atoms with Gasteiger partial charge < -0.3 is 4.74 Å². The van der Waals surface area contributed by atoms with E-state index in [0.717, 1.165) is 14.2 Å². The Labute approximate surface area is 105 Å². The highest BCUT2D eigenvalue weighted by Gasteiger charge is 2.09. The highest BCUT2D eigenvalue weighted by molar-refractivity contribution is 8.01. The molecule has 0 radical (unpaired) electrons. The summed E-state index contributed by atoms with van der Waals surface area (Å²) in [4.78, 5) is 12.0. The minimum absolute atomic E-state index is 0.252. The largest absolute Gasteiger partial charge is 0.468 e. The van der Waals surface area contributed by atoms with Gasteiger partial charge in [-0.3, -0.25) is 4.79 Å². The van der Waals surface area contributed by atoms with Crippen molar-refractivity contribution in [2.24, 2.45) is 0 Å². The van der Waals surface area contributed by atoms with Gasteiger partial charge in [-0.1, -0.05) is 29.2 Å². The molecule has 2 heterocycles. The van der Waals surface area contributed by atoms with Crippen LogP contribution in [-0.2, 0) is 9.53 Å². The summed E-state index contributed by atoms with van der Waals surface area (Å²) < 4.78 is 5.34. The summed E-state index contributed by atoms with van der Waals surface area (Å²) in [6.07, 6.45) is 0. The maximum atomic E-state index is 10.9. The van der Waals surface area contributed by atoms with Crippen LogP contribution in [0.2, 0.25) is 0 Å². The Morgan fingerprint density at radius 3 is 3.12 bits per heavy atom. The molecule has 0 spiro atoms. The number of hydrogen-bond donors (Lipinski definition) is 0. The summed E-state index contributed by atoms with van der Waals surface area (Å²) in [6.45, 7) is 0. The zero-order chi connectivity index (χ0) is 11.4. The second-order valence-corrected chi connectivity index (χ2v) is 5.86. The van der Waals surface area contributed by atoms with E-state index in [2.05, 4.69) is 14.9 Å². The molecule has 2 aromatic heterocycles. The summed E-state index contributed by atoms with van der Waals surface area (Å²) in [7, 11) is 1.38. The average Bonchev–Trinajstić information content (AvgIpc) is 2.95. The molecule has 0 saturated carbocycles. The van der Waals surface area contributed by atoms with Crippen molar-refractivity contribution >= 4 is 40.4 Å². The van der Waals surface area contributed by atoms with Crippen molar-refractivity contribution in [3.63, 3.8) is 0 Å². The van der Waals surface area contributed by atoms with Gasteiger partial charge in [0.1, 0.15) is 0 Å². The maximum absolute atomic E-state index is 10.9. The topological polar surface area (TPSA) is 52.1 Å². The van der Waals surface area contributed by atoms with E-state index in [4.69, 9.17) is 0 Å². The van der Waals surface area contributed by atoms with E-state index >= 15 is 0 Å². The van der Waals surface area contributed by atoms with Crippen molar-refractivity contribution in [1.82, 2.24) is 10.2 Å². The molecule has 0 N–H and O–H groups in total. The molecule has 0 unspecified atom stereocenters. The molecule has 0 aliphatic rings. The van der Waals surface area contributed by atoms with E-state index in [1.165, 1.54) is 30.2 Å². The molecule has 0 aliphatic carbocycles. The Morgan fingerprint density at radius 1 is 1.56 bits per heavy atom. The Kier molecular flexibility index (Phi) is 3.92. The van der Waals surface area contributed by atoms with Crippen LogP contribution in [0.1, 0.15) is 0 Å². The lowest BCUT2D eigenvalue weighted by Gasteiger charge is -1.94. The van der Waals surface area contributed by atoms with Gasteiger partial charge in [0.25, 0.3) is 0 Å². The highest BCUT2D eigenvalue weighted by Crippen LogP contribution is 2.31. The third-order valence-electron chi connectivity index (χ3n) is 1.68. The Morgan fingerprint density at radius 2 is 2.44 bits per heavy atom. The molecule has 2 rings (SSSR count). The van der Waals surface area contributed by atoms with Gasteiger partial charge in [0.15, 0.2) is 9.35 Å². The fourth-order valence-electron chi connectivity index (χ4n) is 0.948. The Balaban J connectivity index is 2.00. The second kappa shape index (κ2) is 5.42. The first kappa shape index (κ1) is 11.6. The first-order chi connectivity index (χ1) is 7.79. The maximum Gasteiger partial charge on any atom is 0.316 e. The van der Waals surface area contributed by atoms with Gasteiger partial charge in [0.05, 0.1) is 17.7 Å². The summed E-state index contributed by atoms with van der Waals surface area (Å²) in [5, 5.41) is 11.0. The quantitative estimate of drug-likeness (QED) is 0.632. The Bertz CT molecular complexity index is 467. The highest BCUT2D eigenvalue weighted by atomic mass is 32.2. The normalized spacial score (nSPS) is 10.3. The molecule has 0 amide bonds. The number of carbonyl (C=O) groups is 1. The van der Waals surface area contributed by atoms with E-state index in [-0.39, 0.29) is 11.7 Å². The number of thiophene rings is 1. The van der Waals surface area contributed by atoms with E-state index < -0.39 is 0 Å². The smallest absolute Gasteiger partial charge is 0.316 e. The first-order valence-corrected chi connectivity index (χ1v) is 7.05. The molecule has 0 aliphatic heterocycles. The number of nitrogens with zero attached hydrogens (tertiary/aromatic N) is 2. The van der Waals surface area contributed by atoms with E-state index in [1.807, 2.05) is 17.5 Å². The van der Waals surface area contributed by atoms with Crippen LogP contribution in [0.4, 0.5) is 0 Å². The first-order valence-electron chi connectivity index (χ1n) is 4.36. The van der Waals surface area contributed by atoms with Gasteiger partial charge in [-0.05, 0) is 11.4 Å². The molecule has 7 heteroatoms. The molecule has 0 atom stereocenters. The predicted molar refractivity (Wildman–Crippen MR) is 66.0 cm³/mol. The molecule has 0 saturated heterocycles. The van der Waals surface area contributed by atoms with Crippen molar-refractivity contribution in [2.75, 3.05) is 12.9 Å². The molecule has 2 aromatic rings. The van der Waals surface area contributed by atoms with Crippen LogP contribution in [0.5, 0.6) is 0 Å². The van der Waals surface area contributed by atoms with E-state index in [9.17, 15) is 4.79 Å². The number of carbonyl (C=O) groups excluding carboxylic acids is 1. The van der Waals surface area contributed by atoms with Crippen LogP contribution >= 0.6 is 34.4 Å². The standard InChI is InChI=1S/C9H8N2O2S3/c1-13-7(12)5-15-9-11-10-8(16-9)6-3-2-4-14-6/h2-4H,5H2,1H3. The number of thioether (sulfide) groups is 1. The molecular weight excluding hydrogens is 264 g/mol. The number of hydrogen-bond acceptors (Lipinski definition) is 7. The fraction of sp³-hybridized carbons (Fsp3) is 0.222. The zero-order valence-electron chi connectivity index (χ0n) is 8.37. The number of esters is 1. The number of aromatic nitrogens is 2. The molecule has 4 nitrogen and oxygen atoms in total. The lowest BCUT2D eigenvalue weighted by Crippen LogP contribution is -2.02. The van der Waals surface area contributed by atoms with Gasteiger partial charge in [0, 0.05) is 0 Å². The van der Waals surface area contributed by atoms with Crippen LogP contribution in [-0.4, -0.2) is 29.0 Å². The molecule has 0 fully saturated rings. The monoisotopic (exact) mass is 272 g/mol. The third kappa shape index (κ3) is 2.81. The molecule has 0 aromatic carbocycles. The summed E-state index contributed by atoms with van der Waals surface area (Å²) >= 11 is 4.46. The van der Waals surface area contributed by atoms with E-state index in [1.54, 1.807) is 11.3 Å². The molecule has 16 heavy (non-hydrogen) atoms. The van der Waals surface area contributed by atoms with Crippen molar-refractivity contribution in [3.8, 4) is 9.88 Å². The van der Waals surface area contributed by atoms with Crippen LogP contribution < -0.4 is 0 Å². The number of rotatable bonds is 4. The van der Waals surface area contributed by atoms with Crippen LogP contribution in [0.15, 0.2) is 21.9 Å². The zero-order valence-corrected chi connectivity index (χ0v) is 10.8. The van der Waals surface area contributed by atoms with Gasteiger partial charge in [0.2, 0.25) is 0 Å². The van der Waals surface area contributed by atoms with Crippen molar-refractivity contribution in [3.05, 3.63) is 17.5 Å². The van der Waals surface area contributed by atoms with Gasteiger partial charge >= 0.3 is 5.97 Å².